The highest BCUT2D eigenvalue weighted by molar-refractivity contribution is 7.92. The number of alkyl halides is 2. The van der Waals surface area contributed by atoms with Crippen LogP contribution < -0.4 is 20.9 Å². The van der Waals surface area contributed by atoms with Gasteiger partial charge in [0.05, 0.1) is 21.8 Å². The molecule has 0 aliphatic heterocycles. The number of urea groups is 1. The van der Waals surface area contributed by atoms with Crippen LogP contribution in [0, 0.1) is 0 Å². The van der Waals surface area contributed by atoms with E-state index in [0.29, 0.717) is 10.8 Å². The van der Waals surface area contributed by atoms with Gasteiger partial charge in [0.15, 0.2) is 0 Å². The Bertz CT molecular complexity index is 1610. The number of aromatic nitrogens is 2. The van der Waals surface area contributed by atoms with Crippen LogP contribution in [-0.2, 0) is 10.0 Å². The summed E-state index contributed by atoms with van der Waals surface area (Å²) in [5.41, 5.74) is -0.616. The molecule has 182 valence electrons. The van der Waals surface area contributed by atoms with E-state index >= 15 is 0 Å². The van der Waals surface area contributed by atoms with Crippen LogP contribution in [0.2, 0.25) is 4.34 Å². The normalized spacial score (nSPS) is 11.6. The van der Waals surface area contributed by atoms with Crippen LogP contribution in [0.25, 0.3) is 16.6 Å². The van der Waals surface area contributed by atoms with Crippen molar-refractivity contribution in [2.45, 2.75) is 10.6 Å². The average molecular weight is 540 g/mol. The molecule has 35 heavy (non-hydrogen) atoms. The Morgan fingerprint density at radius 3 is 2.57 bits per heavy atom. The topological polar surface area (TPSA) is 122 Å². The average Bonchev–Trinajstić information content (AvgIpc) is 3.26. The maximum Gasteiger partial charge on any atom is 0.333 e. The van der Waals surface area contributed by atoms with Gasteiger partial charge in [0.1, 0.15) is 10.0 Å². The number of thiophene rings is 1. The zero-order valence-electron chi connectivity index (χ0n) is 17.8. The fourth-order valence-electron chi connectivity index (χ4n) is 3.25. The van der Waals surface area contributed by atoms with Gasteiger partial charge >= 0.3 is 6.03 Å². The molecule has 4 rings (SSSR count). The molecule has 0 saturated heterocycles. The largest absolute Gasteiger partial charge is 0.388 e. The molecule has 1 aromatic carbocycles. The molecule has 0 radical (unpaired) electrons. The van der Waals surface area contributed by atoms with Gasteiger partial charge in [0, 0.05) is 24.3 Å². The number of sulfonamides is 1. The summed E-state index contributed by atoms with van der Waals surface area (Å²) >= 11 is 6.46. The molecule has 4 aromatic rings. The van der Waals surface area contributed by atoms with E-state index in [0.717, 1.165) is 33.9 Å². The second kappa shape index (κ2) is 9.60. The molecule has 3 aromatic heterocycles. The van der Waals surface area contributed by atoms with Crippen molar-refractivity contribution in [3.05, 3.63) is 75.1 Å². The highest BCUT2D eigenvalue weighted by Gasteiger charge is 2.22. The number of amides is 2. The fraction of sp³-hybridized carbons (Fsp3) is 0.0952. The second-order valence-corrected chi connectivity index (χ2v) is 10.7. The molecule has 0 fully saturated rings. The number of anilines is 2. The fourth-order valence-corrected chi connectivity index (χ4v) is 5.64. The molecule has 0 bridgehead atoms. The highest BCUT2D eigenvalue weighted by Crippen LogP contribution is 2.28. The summed E-state index contributed by atoms with van der Waals surface area (Å²) in [4.78, 5) is 29.1. The predicted octanol–water partition coefficient (Wildman–Crippen LogP) is 4.59. The van der Waals surface area contributed by atoms with Gasteiger partial charge in [0.25, 0.3) is 22.0 Å². The van der Waals surface area contributed by atoms with Crippen molar-refractivity contribution in [2.24, 2.45) is 0 Å². The van der Waals surface area contributed by atoms with Crippen LogP contribution in [0.4, 0.5) is 25.0 Å². The number of benzene rings is 1. The van der Waals surface area contributed by atoms with Gasteiger partial charge in [-0.25, -0.2) is 31.7 Å². The summed E-state index contributed by atoms with van der Waals surface area (Å²) in [6, 6.07) is 8.89. The van der Waals surface area contributed by atoms with Gasteiger partial charge in [0.2, 0.25) is 0 Å². The zero-order chi connectivity index (χ0) is 25.3. The number of carbonyl (C=O) groups is 1. The lowest BCUT2D eigenvalue weighted by Gasteiger charge is -2.14. The Morgan fingerprint density at radius 1 is 1.14 bits per heavy atom. The Balaban J connectivity index is 1.64. The van der Waals surface area contributed by atoms with E-state index in [1.807, 2.05) is 0 Å². The van der Waals surface area contributed by atoms with Gasteiger partial charge < -0.3 is 10.6 Å². The molecule has 0 spiro atoms. The van der Waals surface area contributed by atoms with Crippen LogP contribution in [0.15, 0.2) is 63.9 Å². The SMILES string of the molecule is CNc1ccc2c(=O)n(-c3ncc(NC(=O)NS(=O)(=O)c4ccc(Cl)s4)cc3C(F)F)ccc2c1. The van der Waals surface area contributed by atoms with Crippen LogP contribution >= 0.6 is 22.9 Å². The molecule has 0 unspecified atom stereocenters. The number of fused-ring (bicyclic) bond motifs is 1. The minimum Gasteiger partial charge on any atom is -0.388 e. The van der Waals surface area contributed by atoms with E-state index in [1.165, 1.54) is 18.3 Å². The summed E-state index contributed by atoms with van der Waals surface area (Å²) in [5, 5.41) is 6.02. The van der Waals surface area contributed by atoms with Crippen molar-refractivity contribution in [1.82, 2.24) is 14.3 Å². The molecule has 0 aliphatic rings. The lowest BCUT2D eigenvalue weighted by atomic mass is 10.1. The second-order valence-electron chi connectivity index (χ2n) is 7.10. The van der Waals surface area contributed by atoms with E-state index in [-0.39, 0.29) is 20.1 Å². The highest BCUT2D eigenvalue weighted by atomic mass is 35.5. The quantitative estimate of drug-likeness (QED) is 0.329. The monoisotopic (exact) mass is 539 g/mol. The Labute approximate surface area is 206 Å². The first kappa shape index (κ1) is 24.6. The molecule has 0 saturated carbocycles. The summed E-state index contributed by atoms with van der Waals surface area (Å²) in [6.45, 7) is 0. The van der Waals surface area contributed by atoms with E-state index < -0.39 is 33.6 Å². The molecule has 0 atom stereocenters. The standard InChI is InChI=1S/C21H16ClF2N5O4S2/c1-25-12-2-3-14-11(8-12)6-7-29(20(14)30)19-15(18(23)24)9-13(10-26-19)27-21(31)28-35(32,33)17-5-4-16(22)34-17/h2-10,18,25H,1H3,(H2,27,28,31). The number of rotatable bonds is 6. The van der Waals surface area contributed by atoms with Crippen LogP contribution in [-0.4, -0.2) is 31.0 Å². The third kappa shape index (κ3) is 5.11. The number of carbonyl (C=O) groups excluding carboxylic acids is 1. The molecule has 0 aliphatic carbocycles. The van der Waals surface area contributed by atoms with Crippen LogP contribution in [0.5, 0.6) is 0 Å². The molecule has 14 heteroatoms. The third-order valence-corrected chi connectivity index (χ3v) is 7.90. The van der Waals surface area contributed by atoms with Crippen molar-refractivity contribution in [1.29, 1.82) is 0 Å². The molecule has 3 N–H and O–H groups in total. The van der Waals surface area contributed by atoms with E-state index in [2.05, 4.69) is 15.6 Å². The van der Waals surface area contributed by atoms with Crippen molar-refractivity contribution in [2.75, 3.05) is 17.7 Å². The van der Waals surface area contributed by atoms with E-state index in [9.17, 15) is 26.8 Å². The number of hydrogen-bond acceptors (Lipinski definition) is 7. The lowest BCUT2D eigenvalue weighted by molar-refractivity contribution is 0.151. The van der Waals surface area contributed by atoms with Crippen LogP contribution in [0.3, 0.4) is 0 Å². The van der Waals surface area contributed by atoms with Crippen LogP contribution in [0.1, 0.15) is 12.0 Å². The number of halogens is 3. The summed E-state index contributed by atoms with van der Waals surface area (Å²) in [7, 11) is -2.49. The number of hydrogen-bond donors (Lipinski definition) is 3. The first-order chi connectivity index (χ1) is 16.6. The van der Waals surface area contributed by atoms with E-state index in [1.54, 1.807) is 36.0 Å². The van der Waals surface area contributed by atoms with Gasteiger partial charge in [-0.3, -0.25) is 9.36 Å². The summed E-state index contributed by atoms with van der Waals surface area (Å²) in [5.74, 6) is -0.323. The van der Waals surface area contributed by atoms with E-state index in [4.69, 9.17) is 11.6 Å². The van der Waals surface area contributed by atoms with Crippen molar-refractivity contribution in [3.8, 4) is 5.82 Å². The summed E-state index contributed by atoms with van der Waals surface area (Å²) in [6.07, 6.45) is -0.680. The minimum absolute atomic E-state index is 0.197. The van der Waals surface area contributed by atoms with Gasteiger partial charge in [-0.2, -0.15) is 0 Å². The zero-order valence-corrected chi connectivity index (χ0v) is 20.1. The first-order valence-electron chi connectivity index (χ1n) is 9.80. The Morgan fingerprint density at radius 2 is 1.91 bits per heavy atom. The molecular formula is C21H16ClF2N5O4S2. The smallest absolute Gasteiger partial charge is 0.333 e. The van der Waals surface area contributed by atoms with Crippen molar-refractivity contribution >= 4 is 61.1 Å². The maximum atomic E-state index is 13.9. The van der Waals surface area contributed by atoms with Crippen molar-refractivity contribution < 1.29 is 22.0 Å². The first-order valence-corrected chi connectivity index (χ1v) is 12.5. The number of nitrogens with one attached hydrogen (secondary N) is 3. The lowest BCUT2D eigenvalue weighted by Crippen LogP contribution is -2.34. The number of pyridine rings is 2. The molecule has 2 amide bonds. The maximum absolute atomic E-state index is 13.9. The Kier molecular flexibility index (Phi) is 6.74. The minimum atomic E-state index is -4.21. The summed E-state index contributed by atoms with van der Waals surface area (Å²) < 4.78 is 55.0. The molecule has 3 heterocycles. The van der Waals surface area contributed by atoms with Gasteiger partial charge in [-0.1, -0.05) is 11.6 Å². The predicted molar refractivity (Wildman–Crippen MR) is 131 cm³/mol. The Hall–Kier alpha value is -3.55. The van der Waals surface area contributed by atoms with Gasteiger partial charge in [-0.15, -0.1) is 11.3 Å². The molecule has 9 nitrogen and oxygen atoms in total. The third-order valence-electron chi connectivity index (χ3n) is 4.85. The number of nitrogens with zero attached hydrogens (tertiary/aromatic N) is 2. The molecular weight excluding hydrogens is 524 g/mol. The van der Waals surface area contributed by atoms with Gasteiger partial charge in [-0.05, 0) is 47.9 Å². The van der Waals surface area contributed by atoms with Crippen molar-refractivity contribution in [3.63, 3.8) is 0 Å².